The highest BCUT2D eigenvalue weighted by molar-refractivity contribution is 9.10. The first-order chi connectivity index (χ1) is 8.56. The summed E-state index contributed by atoms with van der Waals surface area (Å²) in [6.07, 6.45) is 1.31. The van der Waals surface area contributed by atoms with Gasteiger partial charge in [-0.25, -0.2) is 0 Å². The third-order valence-corrected chi connectivity index (χ3v) is 5.16. The molecular formula is C15H21BrN2. The molecule has 2 aliphatic rings. The van der Waals surface area contributed by atoms with Crippen molar-refractivity contribution in [3.63, 3.8) is 0 Å². The van der Waals surface area contributed by atoms with Gasteiger partial charge in [-0.2, -0.15) is 0 Å². The van der Waals surface area contributed by atoms with Gasteiger partial charge in [0.1, 0.15) is 0 Å². The summed E-state index contributed by atoms with van der Waals surface area (Å²) in [6, 6.07) is 9.35. The molecule has 2 fully saturated rings. The Balaban J connectivity index is 1.74. The average molecular weight is 309 g/mol. The lowest BCUT2D eigenvalue weighted by Crippen LogP contribution is -2.47. The smallest absolute Gasteiger partial charge is 0.0367 e. The molecule has 0 aromatic heterocycles. The van der Waals surface area contributed by atoms with Crippen LogP contribution in [0.2, 0.25) is 0 Å². The number of halogens is 1. The van der Waals surface area contributed by atoms with Crippen LogP contribution in [0.4, 0.5) is 5.69 Å². The zero-order valence-corrected chi connectivity index (χ0v) is 12.7. The first kappa shape index (κ1) is 12.5. The van der Waals surface area contributed by atoms with Gasteiger partial charge in [0.05, 0.1) is 0 Å². The molecule has 2 aliphatic heterocycles. The molecule has 2 heterocycles. The fourth-order valence-corrected chi connectivity index (χ4v) is 3.77. The summed E-state index contributed by atoms with van der Waals surface area (Å²) in [5.41, 5.74) is 1.82. The van der Waals surface area contributed by atoms with Gasteiger partial charge in [-0.15, -0.1) is 0 Å². The lowest BCUT2D eigenvalue weighted by Gasteiger charge is -2.40. The predicted octanol–water partition coefficient (Wildman–Crippen LogP) is 3.27. The number of rotatable bonds is 1. The fourth-order valence-electron chi connectivity index (χ4n) is 3.51. The summed E-state index contributed by atoms with van der Waals surface area (Å²) in [5.74, 6) is 0.837. The van der Waals surface area contributed by atoms with E-state index in [2.05, 4.69) is 64.3 Å². The molecule has 1 aromatic carbocycles. The quantitative estimate of drug-likeness (QED) is 0.856. The van der Waals surface area contributed by atoms with Crippen molar-refractivity contribution in [3.8, 4) is 0 Å². The van der Waals surface area contributed by atoms with Gasteiger partial charge in [0.15, 0.2) is 0 Å². The second-order valence-electron chi connectivity index (χ2n) is 6.29. The minimum Gasteiger partial charge on any atom is -0.370 e. The van der Waals surface area contributed by atoms with Gasteiger partial charge in [0.2, 0.25) is 0 Å². The standard InChI is InChI=1S/C15H21BrN2/c1-15(2)10-17-14-9-18(8-7-13(14)15)12-5-3-11(16)4-6-12/h3-6,13-14,17H,7-10H2,1-2H3. The third kappa shape index (κ3) is 2.19. The normalized spacial score (nSPS) is 30.3. The molecule has 3 rings (SSSR count). The maximum atomic E-state index is 3.71. The Kier molecular flexibility index (Phi) is 3.15. The molecule has 0 bridgehead atoms. The number of anilines is 1. The highest BCUT2D eigenvalue weighted by Gasteiger charge is 2.44. The SMILES string of the molecule is CC1(C)CNC2CN(c3ccc(Br)cc3)CCC21. The Labute approximate surface area is 118 Å². The van der Waals surface area contributed by atoms with Crippen LogP contribution in [0.25, 0.3) is 0 Å². The molecule has 0 spiro atoms. The van der Waals surface area contributed by atoms with Crippen LogP contribution in [-0.2, 0) is 0 Å². The Morgan fingerprint density at radius 3 is 2.72 bits per heavy atom. The van der Waals surface area contributed by atoms with E-state index in [-0.39, 0.29) is 0 Å². The zero-order valence-electron chi connectivity index (χ0n) is 11.1. The van der Waals surface area contributed by atoms with Crippen LogP contribution >= 0.6 is 15.9 Å². The maximum absolute atomic E-state index is 3.71. The second-order valence-corrected chi connectivity index (χ2v) is 7.21. The third-order valence-electron chi connectivity index (χ3n) is 4.63. The number of fused-ring (bicyclic) bond motifs is 1. The highest BCUT2D eigenvalue weighted by Crippen LogP contribution is 2.40. The molecule has 18 heavy (non-hydrogen) atoms. The van der Waals surface area contributed by atoms with E-state index in [0.29, 0.717) is 11.5 Å². The van der Waals surface area contributed by atoms with Crippen LogP contribution in [0.5, 0.6) is 0 Å². The van der Waals surface area contributed by atoms with Crippen molar-refractivity contribution in [1.82, 2.24) is 5.32 Å². The van der Waals surface area contributed by atoms with Gasteiger partial charge in [-0.1, -0.05) is 29.8 Å². The number of nitrogens with one attached hydrogen (secondary N) is 1. The average Bonchev–Trinajstić information content (AvgIpc) is 2.66. The van der Waals surface area contributed by atoms with E-state index in [1.807, 2.05) is 0 Å². The van der Waals surface area contributed by atoms with Crippen molar-refractivity contribution in [2.24, 2.45) is 11.3 Å². The summed E-state index contributed by atoms with van der Waals surface area (Å²) < 4.78 is 1.15. The summed E-state index contributed by atoms with van der Waals surface area (Å²) in [7, 11) is 0. The van der Waals surface area contributed by atoms with Crippen molar-refractivity contribution in [3.05, 3.63) is 28.7 Å². The van der Waals surface area contributed by atoms with E-state index in [1.54, 1.807) is 0 Å². The van der Waals surface area contributed by atoms with Crippen LogP contribution in [0.1, 0.15) is 20.3 Å². The van der Waals surface area contributed by atoms with Gasteiger partial charge in [0.25, 0.3) is 0 Å². The summed E-state index contributed by atoms with van der Waals surface area (Å²) in [4.78, 5) is 2.52. The number of nitrogens with zero attached hydrogens (tertiary/aromatic N) is 1. The molecule has 2 atom stereocenters. The number of piperidine rings is 1. The number of benzene rings is 1. The van der Waals surface area contributed by atoms with Crippen LogP contribution in [0.3, 0.4) is 0 Å². The van der Waals surface area contributed by atoms with E-state index in [4.69, 9.17) is 0 Å². The summed E-state index contributed by atoms with van der Waals surface area (Å²) >= 11 is 3.50. The Morgan fingerprint density at radius 2 is 2.00 bits per heavy atom. The highest BCUT2D eigenvalue weighted by atomic mass is 79.9. The molecule has 0 amide bonds. The van der Waals surface area contributed by atoms with Crippen LogP contribution < -0.4 is 10.2 Å². The van der Waals surface area contributed by atoms with E-state index >= 15 is 0 Å². The van der Waals surface area contributed by atoms with Gasteiger partial charge in [-0.05, 0) is 42.0 Å². The summed E-state index contributed by atoms with van der Waals surface area (Å²) in [5, 5.41) is 3.71. The zero-order chi connectivity index (χ0) is 12.8. The lowest BCUT2D eigenvalue weighted by molar-refractivity contribution is 0.227. The minimum atomic E-state index is 0.469. The predicted molar refractivity (Wildman–Crippen MR) is 80.0 cm³/mol. The summed E-state index contributed by atoms with van der Waals surface area (Å²) in [6.45, 7) is 8.31. The Bertz CT molecular complexity index is 427. The van der Waals surface area contributed by atoms with E-state index < -0.39 is 0 Å². The monoisotopic (exact) mass is 308 g/mol. The van der Waals surface area contributed by atoms with Gasteiger partial charge < -0.3 is 10.2 Å². The molecule has 1 aromatic rings. The molecule has 0 aliphatic carbocycles. The molecule has 2 unspecified atom stereocenters. The second kappa shape index (κ2) is 4.53. The van der Waals surface area contributed by atoms with Crippen molar-refractivity contribution in [2.45, 2.75) is 26.3 Å². The minimum absolute atomic E-state index is 0.469. The Morgan fingerprint density at radius 1 is 1.28 bits per heavy atom. The van der Waals surface area contributed by atoms with Crippen LogP contribution in [0, 0.1) is 11.3 Å². The van der Waals surface area contributed by atoms with Crippen LogP contribution in [0.15, 0.2) is 28.7 Å². The molecule has 2 saturated heterocycles. The van der Waals surface area contributed by atoms with Crippen molar-refractivity contribution in [2.75, 3.05) is 24.5 Å². The molecule has 1 N–H and O–H groups in total. The van der Waals surface area contributed by atoms with E-state index in [1.165, 1.54) is 18.7 Å². The molecule has 3 heteroatoms. The first-order valence-electron chi connectivity index (χ1n) is 6.80. The molecule has 0 saturated carbocycles. The molecule has 98 valence electrons. The lowest BCUT2D eigenvalue weighted by atomic mass is 9.75. The Hall–Kier alpha value is -0.540. The van der Waals surface area contributed by atoms with Crippen LogP contribution in [-0.4, -0.2) is 25.7 Å². The van der Waals surface area contributed by atoms with E-state index in [0.717, 1.165) is 23.5 Å². The first-order valence-corrected chi connectivity index (χ1v) is 7.59. The molecular weight excluding hydrogens is 288 g/mol. The van der Waals surface area contributed by atoms with Crippen molar-refractivity contribution < 1.29 is 0 Å². The topological polar surface area (TPSA) is 15.3 Å². The molecule has 2 nitrogen and oxygen atoms in total. The van der Waals surface area contributed by atoms with Crippen molar-refractivity contribution in [1.29, 1.82) is 0 Å². The largest absolute Gasteiger partial charge is 0.370 e. The molecule has 0 radical (unpaired) electrons. The maximum Gasteiger partial charge on any atom is 0.0367 e. The van der Waals surface area contributed by atoms with Crippen molar-refractivity contribution >= 4 is 21.6 Å². The van der Waals surface area contributed by atoms with E-state index in [9.17, 15) is 0 Å². The fraction of sp³-hybridized carbons (Fsp3) is 0.600. The van der Waals surface area contributed by atoms with Gasteiger partial charge in [0, 0.05) is 35.8 Å². The van der Waals surface area contributed by atoms with Gasteiger partial charge in [-0.3, -0.25) is 0 Å². The number of hydrogen-bond donors (Lipinski definition) is 1. The number of hydrogen-bond acceptors (Lipinski definition) is 2. The van der Waals surface area contributed by atoms with Gasteiger partial charge >= 0.3 is 0 Å².